The number of hydrogen-bond donors (Lipinski definition) is 2. The molecule has 0 aromatic heterocycles. The topological polar surface area (TPSA) is 76.4 Å². The van der Waals surface area contributed by atoms with Gasteiger partial charge in [-0.05, 0) is 24.3 Å². The van der Waals surface area contributed by atoms with E-state index in [1.807, 2.05) is 18.2 Å². The Balaban J connectivity index is 1.81. The normalized spacial score (nSPS) is 10.5. The summed E-state index contributed by atoms with van der Waals surface area (Å²) in [6, 6.07) is 10.2. The molecule has 0 aliphatic carbocycles. The molecule has 8 heteroatoms. The minimum Gasteiger partial charge on any atom is -0.496 e. The summed E-state index contributed by atoms with van der Waals surface area (Å²) in [5.41, 5.74) is 1.70. The molecule has 2 N–H and O–H groups in total. The Labute approximate surface area is 153 Å². The molecule has 0 bridgehead atoms. The average Bonchev–Trinajstić information content (AvgIpc) is 2.55. The number of nitro groups is 1. The number of nitrogens with zero attached hydrogens (tertiary/aromatic N) is 1. The van der Waals surface area contributed by atoms with Gasteiger partial charge in [-0.25, -0.2) is 0 Å². The molecule has 0 amide bonds. The first-order valence-corrected chi connectivity index (χ1v) is 8.39. The summed E-state index contributed by atoms with van der Waals surface area (Å²) in [5, 5.41) is 17.5. The van der Waals surface area contributed by atoms with Gasteiger partial charge >= 0.3 is 0 Å². The van der Waals surface area contributed by atoms with Gasteiger partial charge in [-0.15, -0.1) is 0 Å². The van der Waals surface area contributed by atoms with Crippen LogP contribution in [-0.4, -0.2) is 25.1 Å². The van der Waals surface area contributed by atoms with E-state index in [-0.39, 0.29) is 5.69 Å². The number of anilines is 1. The number of nitrogens with one attached hydrogen (secondary N) is 2. The Morgan fingerprint density at radius 1 is 1.25 bits per heavy atom. The van der Waals surface area contributed by atoms with Gasteiger partial charge in [0, 0.05) is 41.8 Å². The van der Waals surface area contributed by atoms with E-state index in [4.69, 9.17) is 16.3 Å². The molecule has 0 saturated heterocycles. The summed E-state index contributed by atoms with van der Waals surface area (Å²) in [4.78, 5) is 10.2. The number of halogens is 2. The summed E-state index contributed by atoms with van der Waals surface area (Å²) >= 11 is 9.47. The van der Waals surface area contributed by atoms with E-state index in [0.29, 0.717) is 30.3 Å². The molecule has 128 valence electrons. The number of nitro benzene ring substituents is 1. The zero-order chi connectivity index (χ0) is 17.5. The van der Waals surface area contributed by atoms with Gasteiger partial charge in [0.2, 0.25) is 0 Å². The summed E-state index contributed by atoms with van der Waals surface area (Å²) in [7, 11) is 1.64. The quantitative estimate of drug-likeness (QED) is 0.384. The minimum atomic E-state index is -0.470. The number of methoxy groups -OCH3 is 1. The lowest BCUT2D eigenvalue weighted by atomic mass is 10.2. The maximum atomic E-state index is 10.7. The van der Waals surface area contributed by atoms with E-state index >= 15 is 0 Å². The van der Waals surface area contributed by atoms with E-state index < -0.39 is 4.92 Å². The van der Waals surface area contributed by atoms with E-state index in [1.54, 1.807) is 13.2 Å². The molecule has 24 heavy (non-hydrogen) atoms. The van der Waals surface area contributed by atoms with Gasteiger partial charge in [0.05, 0.1) is 22.7 Å². The van der Waals surface area contributed by atoms with Gasteiger partial charge in [-0.2, -0.15) is 0 Å². The fourth-order valence-corrected chi connectivity index (χ4v) is 2.80. The molecule has 0 unspecified atom stereocenters. The average molecular weight is 415 g/mol. The van der Waals surface area contributed by atoms with Gasteiger partial charge in [0.1, 0.15) is 5.75 Å². The van der Waals surface area contributed by atoms with E-state index in [0.717, 1.165) is 15.8 Å². The molecule has 0 atom stereocenters. The van der Waals surface area contributed by atoms with Crippen molar-refractivity contribution in [3.05, 3.63) is 61.6 Å². The van der Waals surface area contributed by atoms with E-state index in [1.165, 1.54) is 12.1 Å². The van der Waals surface area contributed by atoms with Crippen molar-refractivity contribution in [1.82, 2.24) is 5.32 Å². The zero-order valence-corrected chi connectivity index (χ0v) is 15.4. The first kappa shape index (κ1) is 18.5. The van der Waals surface area contributed by atoms with Crippen LogP contribution in [0.1, 0.15) is 5.56 Å². The number of benzene rings is 2. The largest absolute Gasteiger partial charge is 0.496 e. The fourth-order valence-electron chi connectivity index (χ4n) is 2.15. The summed E-state index contributed by atoms with van der Waals surface area (Å²) in [5.74, 6) is 0.831. The Morgan fingerprint density at radius 3 is 2.71 bits per heavy atom. The van der Waals surface area contributed by atoms with Crippen molar-refractivity contribution in [2.75, 3.05) is 25.5 Å². The molecule has 2 aromatic rings. The Hall–Kier alpha value is -1.83. The number of rotatable bonds is 8. The highest BCUT2D eigenvalue weighted by atomic mass is 79.9. The van der Waals surface area contributed by atoms with Crippen LogP contribution in [0.4, 0.5) is 11.4 Å². The molecule has 6 nitrogen and oxygen atoms in total. The maximum Gasteiger partial charge on any atom is 0.271 e. The van der Waals surface area contributed by atoms with Crippen molar-refractivity contribution < 1.29 is 9.66 Å². The smallest absolute Gasteiger partial charge is 0.271 e. The second-order valence-electron chi connectivity index (χ2n) is 4.98. The lowest BCUT2D eigenvalue weighted by Gasteiger charge is -2.11. The molecule has 0 saturated carbocycles. The van der Waals surface area contributed by atoms with Crippen LogP contribution in [-0.2, 0) is 6.54 Å². The number of ether oxygens (including phenoxy) is 1. The van der Waals surface area contributed by atoms with Gasteiger partial charge in [-0.1, -0.05) is 27.5 Å². The Morgan fingerprint density at radius 2 is 2.04 bits per heavy atom. The van der Waals surface area contributed by atoms with Crippen molar-refractivity contribution in [3.63, 3.8) is 0 Å². The van der Waals surface area contributed by atoms with Gasteiger partial charge in [0.15, 0.2) is 0 Å². The van der Waals surface area contributed by atoms with Crippen LogP contribution < -0.4 is 15.4 Å². The molecule has 0 heterocycles. The second kappa shape index (κ2) is 8.86. The lowest BCUT2D eigenvalue weighted by molar-refractivity contribution is -0.384. The van der Waals surface area contributed by atoms with Crippen LogP contribution in [0.15, 0.2) is 40.9 Å². The number of non-ortho nitro benzene ring substituents is 1. The zero-order valence-electron chi connectivity index (χ0n) is 13.0. The van der Waals surface area contributed by atoms with Crippen LogP contribution in [0, 0.1) is 10.1 Å². The Kier molecular flexibility index (Phi) is 6.84. The highest BCUT2D eigenvalue weighted by molar-refractivity contribution is 9.10. The van der Waals surface area contributed by atoms with Crippen molar-refractivity contribution in [2.45, 2.75) is 6.54 Å². The molecule has 0 radical (unpaired) electrons. The van der Waals surface area contributed by atoms with Crippen molar-refractivity contribution in [2.24, 2.45) is 0 Å². The second-order valence-corrected chi connectivity index (χ2v) is 6.30. The molecular weight excluding hydrogens is 398 g/mol. The lowest BCUT2D eigenvalue weighted by Crippen LogP contribution is -2.22. The van der Waals surface area contributed by atoms with E-state index in [2.05, 4.69) is 26.6 Å². The van der Waals surface area contributed by atoms with Crippen LogP contribution in [0.5, 0.6) is 5.75 Å². The molecule has 0 spiro atoms. The fraction of sp³-hybridized carbons (Fsp3) is 0.250. The van der Waals surface area contributed by atoms with Crippen LogP contribution in [0.2, 0.25) is 5.02 Å². The standard InChI is InChI=1S/C16H17BrClN3O3/c1-24-16-5-2-12(17)8-11(16)10-19-6-7-20-15-4-3-13(21(22)23)9-14(15)18/h2-5,8-9,19-20H,6-7,10H2,1H3. The van der Waals surface area contributed by atoms with Gasteiger partial charge in [0.25, 0.3) is 5.69 Å². The third kappa shape index (κ3) is 5.09. The predicted molar refractivity (Wildman–Crippen MR) is 99.0 cm³/mol. The highest BCUT2D eigenvalue weighted by Gasteiger charge is 2.09. The summed E-state index contributed by atoms with van der Waals surface area (Å²) < 4.78 is 6.32. The van der Waals surface area contributed by atoms with Crippen LogP contribution in [0.25, 0.3) is 0 Å². The monoisotopic (exact) mass is 413 g/mol. The van der Waals surface area contributed by atoms with Crippen LogP contribution in [0.3, 0.4) is 0 Å². The highest BCUT2D eigenvalue weighted by Crippen LogP contribution is 2.26. The van der Waals surface area contributed by atoms with Gasteiger partial charge in [-0.3, -0.25) is 10.1 Å². The summed E-state index contributed by atoms with van der Waals surface area (Å²) in [6.45, 7) is 2.00. The molecule has 0 fully saturated rings. The first-order chi connectivity index (χ1) is 11.5. The third-order valence-electron chi connectivity index (χ3n) is 3.34. The third-order valence-corrected chi connectivity index (χ3v) is 4.14. The van der Waals surface area contributed by atoms with E-state index in [9.17, 15) is 10.1 Å². The van der Waals surface area contributed by atoms with Crippen molar-refractivity contribution in [1.29, 1.82) is 0 Å². The predicted octanol–water partition coefficient (Wildman–Crippen LogP) is 4.22. The molecular formula is C16H17BrClN3O3. The van der Waals surface area contributed by atoms with Crippen molar-refractivity contribution in [3.8, 4) is 5.75 Å². The van der Waals surface area contributed by atoms with Crippen molar-refractivity contribution >= 4 is 38.9 Å². The first-order valence-electron chi connectivity index (χ1n) is 7.22. The van der Waals surface area contributed by atoms with Crippen LogP contribution >= 0.6 is 27.5 Å². The molecule has 0 aliphatic heterocycles. The summed E-state index contributed by atoms with van der Waals surface area (Å²) in [6.07, 6.45) is 0. The number of hydrogen-bond acceptors (Lipinski definition) is 5. The molecule has 2 rings (SSSR count). The van der Waals surface area contributed by atoms with Gasteiger partial charge < -0.3 is 15.4 Å². The minimum absolute atomic E-state index is 0.0228. The maximum absolute atomic E-state index is 10.7. The molecule has 0 aliphatic rings. The molecule has 2 aromatic carbocycles. The SMILES string of the molecule is COc1ccc(Br)cc1CNCCNc1ccc([N+](=O)[O-])cc1Cl. The Bertz CT molecular complexity index is 728.